The lowest BCUT2D eigenvalue weighted by molar-refractivity contribution is -0.135. The van der Waals surface area contributed by atoms with E-state index < -0.39 is 0 Å². The van der Waals surface area contributed by atoms with Crippen LogP contribution in [-0.2, 0) is 37.5 Å². The summed E-state index contributed by atoms with van der Waals surface area (Å²) < 4.78 is 1.61. The fraction of sp³-hybridized carbons (Fsp3) is 0.238. The van der Waals surface area contributed by atoms with Crippen molar-refractivity contribution in [2.75, 3.05) is 0 Å². The van der Waals surface area contributed by atoms with E-state index in [-0.39, 0.29) is 25.0 Å². The molecule has 2 aromatic carbocycles. The molecular weight excluding hydrogens is 368 g/mol. The molecule has 148 valence electrons. The van der Waals surface area contributed by atoms with Crippen LogP contribution in [0.4, 0.5) is 4.79 Å². The number of aromatic nitrogens is 3. The molecular formula is C21H22N6O2. The summed E-state index contributed by atoms with van der Waals surface area (Å²) in [5, 5.41) is 13.9. The predicted octanol–water partition coefficient (Wildman–Crippen LogP) is 1.82. The average molecular weight is 390 g/mol. The van der Waals surface area contributed by atoms with Crippen LogP contribution in [-0.4, -0.2) is 31.8 Å². The molecule has 1 aliphatic heterocycles. The van der Waals surface area contributed by atoms with Gasteiger partial charge in [0.25, 0.3) is 0 Å². The number of benzene rings is 2. The molecule has 0 aliphatic carbocycles. The first-order valence-electron chi connectivity index (χ1n) is 9.47. The quantitative estimate of drug-likeness (QED) is 0.672. The van der Waals surface area contributed by atoms with E-state index in [1.54, 1.807) is 9.58 Å². The summed E-state index contributed by atoms with van der Waals surface area (Å²) in [4.78, 5) is 26.3. The molecule has 4 rings (SSSR count). The number of amides is 3. The molecule has 0 radical (unpaired) electrons. The first-order chi connectivity index (χ1) is 14.2. The van der Waals surface area contributed by atoms with Crippen LogP contribution in [0.3, 0.4) is 0 Å². The lowest BCUT2D eigenvalue weighted by Crippen LogP contribution is -2.39. The Labute approximate surface area is 168 Å². The van der Waals surface area contributed by atoms with E-state index in [0.717, 1.165) is 16.8 Å². The van der Waals surface area contributed by atoms with Crippen molar-refractivity contribution in [3.8, 4) is 0 Å². The largest absolute Gasteiger partial charge is 0.334 e. The number of hydrogen-bond donors (Lipinski definition) is 2. The summed E-state index contributed by atoms with van der Waals surface area (Å²) in [6.07, 6.45) is 0. The Bertz CT molecular complexity index is 987. The summed E-state index contributed by atoms with van der Waals surface area (Å²) in [7, 11) is 0. The zero-order valence-electron chi connectivity index (χ0n) is 15.9. The predicted molar refractivity (Wildman–Crippen MR) is 106 cm³/mol. The minimum Gasteiger partial charge on any atom is -0.334 e. The number of nitrogens with one attached hydrogen (secondary N) is 2. The topological polar surface area (TPSA) is 92.2 Å². The van der Waals surface area contributed by atoms with Gasteiger partial charge in [0, 0.05) is 13.1 Å². The number of urea groups is 1. The maximum absolute atomic E-state index is 12.4. The maximum atomic E-state index is 12.4. The van der Waals surface area contributed by atoms with E-state index in [9.17, 15) is 9.59 Å². The van der Waals surface area contributed by atoms with Gasteiger partial charge in [-0.25, -0.2) is 9.48 Å². The molecule has 2 N–H and O–H groups in total. The van der Waals surface area contributed by atoms with Crippen molar-refractivity contribution in [2.45, 2.75) is 32.7 Å². The molecule has 8 heteroatoms. The van der Waals surface area contributed by atoms with Gasteiger partial charge in [-0.3, -0.25) is 4.79 Å². The van der Waals surface area contributed by atoms with Gasteiger partial charge in [0.2, 0.25) is 5.91 Å². The minimum atomic E-state index is -0.274. The van der Waals surface area contributed by atoms with Gasteiger partial charge in [-0.15, -0.1) is 5.10 Å². The first kappa shape index (κ1) is 18.7. The van der Waals surface area contributed by atoms with Crippen LogP contribution in [0.2, 0.25) is 0 Å². The maximum Gasteiger partial charge on any atom is 0.315 e. The first-order valence-corrected chi connectivity index (χ1v) is 9.47. The van der Waals surface area contributed by atoms with Crippen LogP contribution in [0.1, 0.15) is 22.5 Å². The van der Waals surface area contributed by atoms with Gasteiger partial charge in [0.1, 0.15) is 12.2 Å². The highest BCUT2D eigenvalue weighted by Gasteiger charge is 2.27. The summed E-state index contributed by atoms with van der Waals surface area (Å²) in [5.74, 6) is 0.00589. The second-order valence-electron chi connectivity index (χ2n) is 6.90. The molecule has 0 unspecified atom stereocenters. The number of fused-ring (bicyclic) bond motifs is 1. The van der Waals surface area contributed by atoms with E-state index in [1.165, 1.54) is 0 Å². The Morgan fingerprint density at radius 2 is 1.55 bits per heavy atom. The molecule has 29 heavy (non-hydrogen) atoms. The Kier molecular flexibility index (Phi) is 5.51. The lowest BCUT2D eigenvalue weighted by atomic mass is 10.1. The zero-order chi connectivity index (χ0) is 20.1. The third-order valence-corrected chi connectivity index (χ3v) is 4.82. The number of hydrogen-bond acceptors (Lipinski definition) is 4. The highest BCUT2D eigenvalue weighted by Crippen LogP contribution is 2.18. The monoisotopic (exact) mass is 390 g/mol. The third-order valence-electron chi connectivity index (χ3n) is 4.82. The molecule has 0 saturated carbocycles. The summed E-state index contributed by atoms with van der Waals surface area (Å²) in [6, 6.07) is 19.3. The van der Waals surface area contributed by atoms with Gasteiger partial charge in [0.05, 0.1) is 18.8 Å². The summed E-state index contributed by atoms with van der Waals surface area (Å²) in [6.45, 7) is 1.82. The fourth-order valence-electron chi connectivity index (χ4n) is 3.26. The standard InChI is InChI=1S/C21H22N6O2/c28-20-15-27-19(14-26(20)13-17-9-5-2-6-10-17)18(24-25-27)12-23-21(29)22-11-16-7-3-1-4-8-16/h1-10H,11-15H2,(H2,22,23,29). The van der Waals surface area contributed by atoms with Crippen molar-refractivity contribution >= 4 is 11.9 Å². The second kappa shape index (κ2) is 8.55. The van der Waals surface area contributed by atoms with E-state index >= 15 is 0 Å². The van der Waals surface area contributed by atoms with Crippen molar-refractivity contribution in [3.05, 3.63) is 83.2 Å². The molecule has 0 fully saturated rings. The second-order valence-corrected chi connectivity index (χ2v) is 6.90. The van der Waals surface area contributed by atoms with Crippen molar-refractivity contribution in [3.63, 3.8) is 0 Å². The highest BCUT2D eigenvalue weighted by atomic mass is 16.2. The van der Waals surface area contributed by atoms with Crippen LogP contribution in [0, 0.1) is 0 Å². The zero-order valence-corrected chi connectivity index (χ0v) is 15.9. The SMILES string of the molecule is O=C(NCc1ccccc1)NCc1nnn2c1CN(Cc1ccccc1)C(=O)C2. The molecule has 0 saturated heterocycles. The summed E-state index contributed by atoms with van der Waals surface area (Å²) >= 11 is 0. The van der Waals surface area contributed by atoms with Gasteiger partial charge < -0.3 is 15.5 Å². The molecule has 1 aromatic heterocycles. The highest BCUT2D eigenvalue weighted by molar-refractivity contribution is 5.77. The molecule has 0 bridgehead atoms. The lowest BCUT2D eigenvalue weighted by Gasteiger charge is -2.27. The molecule has 0 atom stereocenters. The van der Waals surface area contributed by atoms with Crippen LogP contribution >= 0.6 is 0 Å². The molecule has 8 nitrogen and oxygen atoms in total. The van der Waals surface area contributed by atoms with E-state index in [0.29, 0.717) is 25.3 Å². The third kappa shape index (κ3) is 4.60. The van der Waals surface area contributed by atoms with Gasteiger partial charge in [-0.2, -0.15) is 0 Å². The molecule has 1 aliphatic rings. The van der Waals surface area contributed by atoms with Crippen molar-refractivity contribution in [1.29, 1.82) is 0 Å². The molecule has 0 spiro atoms. The Hall–Kier alpha value is -3.68. The van der Waals surface area contributed by atoms with Crippen LogP contribution < -0.4 is 10.6 Å². The van der Waals surface area contributed by atoms with E-state index in [4.69, 9.17) is 0 Å². The van der Waals surface area contributed by atoms with Crippen LogP contribution in [0.25, 0.3) is 0 Å². The Morgan fingerprint density at radius 1 is 0.897 bits per heavy atom. The van der Waals surface area contributed by atoms with Crippen molar-refractivity contribution in [2.24, 2.45) is 0 Å². The van der Waals surface area contributed by atoms with Gasteiger partial charge in [-0.1, -0.05) is 65.9 Å². The van der Waals surface area contributed by atoms with Gasteiger partial charge in [0.15, 0.2) is 0 Å². The van der Waals surface area contributed by atoms with Crippen LogP contribution in [0.15, 0.2) is 60.7 Å². The number of nitrogens with zero attached hydrogens (tertiary/aromatic N) is 4. The molecule has 3 amide bonds. The number of rotatable bonds is 6. The van der Waals surface area contributed by atoms with Gasteiger partial charge >= 0.3 is 6.03 Å². The van der Waals surface area contributed by atoms with E-state index in [1.807, 2.05) is 60.7 Å². The smallest absolute Gasteiger partial charge is 0.315 e. The normalized spacial score (nSPS) is 13.1. The average Bonchev–Trinajstić information content (AvgIpc) is 3.14. The number of carbonyl (C=O) groups is 2. The Morgan fingerprint density at radius 3 is 2.28 bits per heavy atom. The minimum absolute atomic E-state index is 0.00589. The van der Waals surface area contributed by atoms with Crippen molar-refractivity contribution < 1.29 is 9.59 Å². The number of carbonyl (C=O) groups excluding carboxylic acids is 2. The Balaban J connectivity index is 1.35. The molecule has 3 aromatic rings. The van der Waals surface area contributed by atoms with Crippen molar-refractivity contribution in [1.82, 2.24) is 30.5 Å². The summed E-state index contributed by atoms with van der Waals surface area (Å²) in [5.41, 5.74) is 3.62. The molecule has 2 heterocycles. The van der Waals surface area contributed by atoms with Crippen LogP contribution in [0.5, 0.6) is 0 Å². The van der Waals surface area contributed by atoms with E-state index in [2.05, 4.69) is 20.9 Å². The van der Waals surface area contributed by atoms with Gasteiger partial charge in [-0.05, 0) is 11.1 Å². The fourth-order valence-corrected chi connectivity index (χ4v) is 3.26.